The van der Waals surface area contributed by atoms with Gasteiger partial charge in [0.05, 0.1) is 11.7 Å². The highest BCUT2D eigenvalue weighted by Crippen LogP contribution is 2.44. The van der Waals surface area contributed by atoms with E-state index in [9.17, 15) is 8.78 Å². The van der Waals surface area contributed by atoms with Crippen LogP contribution < -0.4 is 4.90 Å². The fraction of sp³-hybridized carbons (Fsp3) is 0.161. The average Bonchev–Trinajstić information content (AvgIpc) is 3.20. The van der Waals surface area contributed by atoms with Crippen LogP contribution in [0.4, 0.5) is 20.2 Å². The Morgan fingerprint density at radius 3 is 2.00 bits per heavy atom. The molecule has 0 fully saturated rings. The summed E-state index contributed by atoms with van der Waals surface area (Å²) in [7, 11) is 0. The van der Waals surface area contributed by atoms with Crippen molar-refractivity contribution < 1.29 is 8.78 Å². The second-order valence-electron chi connectivity index (χ2n) is 9.27. The monoisotopic (exact) mass is 513 g/mol. The van der Waals surface area contributed by atoms with Crippen LogP contribution in [0.1, 0.15) is 30.5 Å². The number of amidine groups is 1. The predicted molar refractivity (Wildman–Crippen MR) is 148 cm³/mol. The van der Waals surface area contributed by atoms with Crippen LogP contribution in [0.3, 0.4) is 0 Å². The fourth-order valence-corrected chi connectivity index (χ4v) is 5.06. The van der Waals surface area contributed by atoms with Crippen LogP contribution in [-0.2, 0) is 5.54 Å². The van der Waals surface area contributed by atoms with Crippen LogP contribution in [0.2, 0.25) is 5.02 Å². The van der Waals surface area contributed by atoms with Crippen molar-refractivity contribution in [2.45, 2.75) is 32.4 Å². The lowest BCUT2D eigenvalue weighted by Crippen LogP contribution is -2.47. The van der Waals surface area contributed by atoms with Gasteiger partial charge in [-0.3, -0.25) is 4.99 Å². The maximum atomic E-state index is 14.0. The lowest BCUT2D eigenvalue weighted by molar-refractivity contribution is 0.526. The van der Waals surface area contributed by atoms with Crippen LogP contribution in [0.15, 0.2) is 107 Å². The lowest BCUT2D eigenvalue weighted by Gasteiger charge is -2.36. The van der Waals surface area contributed by atoms with Gasteiger partial charge in [0, 0.05) is 22.0 Å². The Kier molecular flexibility index (Phi) is 6.65. The van der Waals surface area contributed by atoms with Crippen LogP contribution >= 0.6 is 11.6 Å². The van der Waals surface area contributed by atoms with Crippen molar-refractivity contribution in [3.63, 3.8) is 0 Å². The van der Waals surface area contributed by atoms with Crippen molar-refractivity contribution in [1.29, 1.82) is 0 Å². The number of rotatable bonds is 5. The Morgan fingerprint density at radius 2 is 1.41 bits per heavy atom. The molecule has 0 radical (unpaired) electrons. The third-order valence-electron chi connectivity index (χ3n) is 6.88. The molecule has 37 heavy (non-hydrogen) atoms. The molecule has 0 saturated carbocycles. The summed E-state index contributed by atoms with van der Waals surface area (Å²) in [4.78, 5) is 12.4. The standard InChI is InChI=1S/C31H26ClF2N3/c1-20-4-16-28(17-5-20)35-21(2)31(24-8-14-27(34)15-9-24)22(3)37(29-18-10-25(32)11-19-29)30(36-31)23-6-12-26(33)13-7-23/h4-19,22H,1-3H3/b35-21+. The summed E-state index contributed by atoms with van der Waals surface area (Å²) >= 11 is 6.20. The van der Waals surface area contributed by atoms with Crippen molar-refractivity contribution in [1.82, 2.24) is 0 Å². The molecule has 6 heteroatoms. The Hall–Kier alpha value is -3.83. The number of hydrogen-bond donors (Lipinski definition) is 0. The second-order valence-corrected chi connectivity index (χ2v) is 9.71. The van der Waals surface area contributed by atoms with Crippen LogP contribution in [-0.4, -0.2) is 17.6 Å². The molecule has 0 amide bonds. The fourth-order valence-electron chi connectivity index (χ4n) is 4.93. The normalized spacial score (nSPS) is 19.7. The summed E-state index contributed by atoms with van der Waals surface area (Å²) in [5, 5.41) is 0.623. The molecule has 186 valence electrons. The number of aliphatic imine (C=N–C) groups is 2. The summed E-state index contributed by atoms with van der Waals surface area (Å²) in [6.07, 6.45) is 0. The minimum Gasteiger partial charge on any atom is -0.320 e. The minimum atomic E-state index is -0.943. The molecule has 0 N–H and O–H groups in total. The molecule has 0 aliphatic carbocycles. The molecule has 0 bridgehead atoms. The smallest absolute Gasteiger partial charge is 0.146 e. The van der Waals surface area contributed by atoms with E-state index in [4.69, 9.17) is 21.6 Å². The highest BCUT2D eigenvalue weighted by molar-refractivity contribution is 6.30. The lowest BCUT2D eigenvalue weighted by atomic mass is 9.80. The van der Waals surface area contributed by atoms with Gasteiger partial charge in [-0.05, 0) is 99.1 Å². The third-order valence-corrected chi connectivity index (χ3v) is 7.13. The topological polar surface area (TPSA) is 28.0 Å². The van der Waals surface area contributed by atoms with Crippen molar-refractivity contribution in [3.8, 4) is 0 Å². The van der Waals surface area contributed by atoms with Gasteiger partial charge < -0.3 is 4.90 Å². The summed E-state index contributed by atoms with van der Waals surface area (Å²) in [5.74, 6) is 0.0166. The van der Waals surface area contributed by atoms with E-state index in [2.05, 4.69) is 11.8 Å². The quantitative estimate of drug-likeness (QED) is 0.247. The Bertz CT molecular complexity index is 1460. The first-order valence-electron chi connectivity index (χ1n) is 12.1. The van der Waals surface area contributed by atoms with E-state index in [1.54, 1.807) is 24.3 Å². The number of nitrogens with zero attached hydrogens (tertiary/aromatic N) is 3. The zero-order chi connectivity index (χ0) is 26.2. The molecule has 2 unspecified atom stereocenters. The van der Waals surface area contributed by atoms with E-state index in [1.807, 2.05) is 62.4 Å². The first-order chi connectivity index (χ1) is 17.8. The SMILES string of the molecule is C/C(=N\c1ccc(C)cc1)C1(c2ccc(F)cc2)N=C(c2ccc(F)cc2)N(c2ccc(Cl)cc2)C1C. The Labute approximate surface area is 220 Å². The van der Waals surface area contributed by atoms with Crippen LogP contribution in [0.5, 0.6) is 0 Å². The molecular weight excluding hydrogens is 488 g/mol. The maximum absolute atomic E-state index is 14.0. The minimum absolute atomic E-state index is 0.256. The molecule has 2 atom stereocenters. The van der Waals surface area contributed by atoms with Gasteiger partial charge in [0.15, 0.2) is 0 Å². The van der Waals surface area contributed by atoms with E-state index in [0.717, 1.165) is 33.8 Å². The number of anilines is 1. The zero-order valence-electron chi connectivity index (χ0n) is 20.8. The molecule has 3 nitrogen and oxygen atoms in total. The van der Waals surface area contributed by atoms with E-state index < -0.39 is 5.54 Å². The van der Waals surface area contributed by atoms with E-state index in [1.165, 1.54) is 24.3 Å². The maximum Gasteiger partial charge on any atom is 0.146 e. The first-order valence-corrected chi connectivity index (χ1v) is 12.4. The van der Waals surface area contributed by atoms with E-state index in [0.29, 0.717) is 10.9 Å². The molecule has 0 aromatic heterocycles. The van der Waals surface area contributed by atoms with Crippen LogP contribution in [0.25, 0.3) is 0 Å². The predicted octanol–water partition coefficient (Wildman–Crippen LogP) is 8.27. The third kappa shape index (κ3) is 4.67. The Morgan fingerprint density at radius 1 is 0.838 bits per heavy atom. The van der Waals surface area contributed by atoms with Crippen molar-refractivity contribution in [2.24, 2.45) is 9.98 Å². The summed E-state index contributed by atoms with van der Waals surface area (Å²) in [5.41, 5.74) is 4.21. The van der Waals surface area contributed by atoms with Gasteiger partial charge in [-0.1, -0.05) is 41.4 Å². The van der Waals surface area contributed by atoms with Crippen molar-refractivity contribution in [3.05, 3.63) is 130 Å². The van der Waals surface area contributed by atoms with Gasteiger partial charge >= 0.3 is 0 Å². The van der Waals surface area contributed by atoms with Crippen molar-refractivity contribution >= 4 is 34.5 Å². The van der Waals surface area contributed by atoms with Crippen molar-refractivity contribution in [2.75, 3.05) is 4.90 Å². The molecule has 1 aliphatic heterocycles. The Balaban J connectivity index is 1.76. The van der Waals surface area contributed by atoms with Gasteiger partial charge in [-0.15, -0.1) is 0 Å². The zero-order valence-corrected chi connectivity index (χ0v) is 21.5. The van der Waals surface area contributed by atoms with Gasteiger partial charge in [-0.25, -0.2) is 13.8 Å². The summed E-state index contributed by atoms with van der Waals surface area (Å²) in [6.45, 7) is 6.06. The molecule has 5 rings (SSSR count). The van der Waals surface area contributed by atoms with Gasteiger partial charge in [0.2, 0.25) is 0 Å². The molecule has 4 aromatic rings. The van der Waals surface area contributed by atoms with Gasteiger partial charge in [0.25, 0.3) is 0 Å². The first kappa shape index (κ1) is 24.8. The number of benzene rings is 4. The van der Waals surface area contributed by atoms with E-state index in [-0.39, 0.29) is 17.7 Å². The molecule has 0 saturated heterocycles. The average molecular weight is 514 g/mol. The summed E-state index contributed by atoms with van der Waals surface area (Å²) < 4.78 is 27.9. The highest BCUT2D eigenvalue weighted by Gasteiger charge is 2.50. The van der Waals surface area contributed by atoms with Crippen LogP contribution in [0, 0.1) is 18.6 Å². The highest BCUT2D eigenvalue weighted by atomic mass is 35.5. The van der Waals surface area contributed by atoms with Gasteiger partial charge in [-0.2, -0.15) is 0 Å². The summed E-state index contributed by atoms with van der Waals surface area (Å²) in [6, 6.07) is 27.9. The number of hydrogen-bond acceptors (Lipinski definition) is 3. The van der Waals surface area contributed by atoms with E-state index >= 15 is 0 Å². The van der Waals surface area contributed by atoms with Gasteiger partial charge in [0.1, 0.15) is 23.0 Å². The molecule has 4 aromatic carbocycles. The molecule has 1 heterocycles. The number of aryl methyl sites for hydroxylation is 1. The molecule has 0 spiro atoms. The largest absolute Gasteiger partial charge is 0.320 e. The molecular formula is C31H26ClF2N3. The number of halogens is 3. The second kappa shape index (κ2) is 9.91. The molecule has 1 aliphatic rings.